The predicted octanol–water partition coefficient (Wildman–Crippen LogP) is 2.92. The van der Waals surface area contributed by atoms with Gasteiger partial charge in [-0.2, -0.15) is 0 Å². The Morgan fingerprint density at radius 1 is 1.12 bits per heavy atom. The minimum absolute atomic E-state index is 0.0471. The number of benzene rings is 1. The quantitative estimate of drug-likeness (QED) is 0.602. The van der Waals surface area contributed by atoms with Crippen LogP contribution in [0.4, 0.5) is 0 Å². The highest BCUT2D eigenvalue weighted by molar-refractivity contribution is 5.89. The van der Waals surface area contributed by atoms with E-state index in [0.29, 0.717) is 24.2 Å². The second-order valence-corrected chi connectivity index (χ2v) is 6.32. The van der Waals surface area contributed by atoms with Crippen molar-refractivity contribution < 1.29 is 28.5 Å². The summed E-state index contributed by atoms with van der Waals surface area (Å²) in [5.41, 5.74) is 2.73. The van der Waals surface area contributed by atoms with Crippen LogP contribution in [0.2, 0.25) is 0 Å². The van der Waals surface area contributed by atoms with Crippen LogP contribution in [0.3, 0.4) is 0 Å². The van der Waals surface area contributed by atoms with E-state index in [1.54, 1.807) is 45.6 Å². The molecule has 1 aliphatic carbocycles. The number of fused-ring (bicyclic) bond motifs is 1. The Labute approximate surface area is 147 Å². The fraction of sp³-hybridized carbons (Fsp3) is 0.526. The normalized spacial score (nSPS) is 28.6. The second-order valence-electron chi connectivity index (χ2n) is 6.32. The van der Waals surface area contributed by atoms with E-state index in [1.807, 2.05) is 6.92 Å². The molecule has 0 spiro atoms. The zero-order valence-electron chi connectivity index (χ0n) is 15.0. The van der Waals surface area contributed by atoms with Gasteiger partial charge in [-0.1, -0.05) is 5.57 Å². The molecule has 6 heteroatoms. The van der Waals surface area contributed by atoms with Gasteiger partial charge in [0.05, 0.1) is 12.7 Å². The van der Waals surface area contributed by atoms with Gasteiger partial charge in [0.1, 0.15) is 11.9 Å². The molecule has 0 bridgehead atoms. The average molecular weight is 348 g/mol. The van der Waals surface area contributed by atoms with Gasteiger partial charge in [0, 0.05) is 33.0 Å². The number of carbonyl (C=O) groups excluding carboxylic acids is 1. The van der Waals surface area contributed by atoms with Crippen LogP contribution in [0, 0.1) is 5.92 Å². The van der Waals surface area contributed by atoms with E-state index in [1.165, 1.54) is 0 Å². The molecule has 1 aliphatic heterocycles. The smallest absolute Gasteiger partial charge is 0.338 e. The van der Waals surface area contributed by atoms with Gasteiger partial charge < -0.3 is 23.7 Å². The Morgan fingerprint density at radius 3 is 2.44 bits per heavy atom. The zero-order chi connectivity index (χ0) is 18.0. The summed E-state index contributed by atoms with van der Waals surface area (Å²) in [6.07, 6.45) is 0.273. The van der Waals surface area contributed by atoms with Gasteiger partial charge in [0.15, 0.2) is 12.6 Å². The molecule has 136 valence electrons. The summed E-state index contributed by atoms with van der Waals surface area (Å²) in [6, 6.07) is 6.90. The zero-order valence-corrected chi connectivity index (χ0v) is 15.0. The van der Waals surface area contributed by atoms with Crippen LogP contribution in [0.1, 0.15) is 30.1 Å². The molecule has 1 saturated heterocycles. The molecule has 0 aromatic heterocycles. The summed E-state index contributed by atoms with van der Waals surface area (Å²) in [4.78, 5) is 12.5. The first-order valence-corrected chi connectivity index (χ1v) is 8.33. The van der Waals surface area contributed by atoms with Crippen molar-refractivity contribution in [1.29, 1.82) is 0 Å². The van der Waals surface area contributed by atoms with Crippen molar-refractivity contribution in [1.82, 2.24) is 0 Å². The maximum absolute atomic E-state index is 12.5. The van der Waals surface area contributed by atoms with E-state index >= 15 is 0 Å². The number of methoxy groups -OCH3 is 3. The number of hydrogen-bond acceptors (Lipinski definition) is 6. The SMILES string of the molecule is COc1ccc(C(=O)O[C@@H]2CC(C)=C3C2C[C@H](OC)O[C@H]3OC)cc1. The van der Waals surface area contributed by atoms with Crippen molar-refractivity contribution in [3.05, 3.63) is 41.0 Å². The highest BCUT2D eigenvalue weighted by atomic mass is 16.8. The van der Waals surface area contributed by atoms with Crippen LogP contribution in [0.5, 0.6) is 5.75 Å². The van der Waals surface area contributed by atoms with Crippen LogP contribution in [0.15, 0.2) is 35.4 Å². The minimum Gasteiger partial charge on any atom is -0.497 e. The third-order valence-corrected chi connectivity index (χ3v) is 4.89. The Hall–Kier alpha value is -1.89. The molecule has 1 heterocycles. The summed E-state index contributed by atoms with van der Waals surface area (Å²) in [5.74, 6) is 0.412. The second kappa shape index (κ2) is 7.56. The van der Waals surface area contributed by atoms with Gasteiger partial charge in [-0.25, -0.2) is 4.79 Å². The fourth-order valence-electron chi connectivity index (χ4n) is 3.60. The van der Waals surface area contributed by atoms with Gasteiger partial charge in [0.25, 0.3) is 0 Å². The fourth-order valence-corrected chi connectivity index (χ4v) is 3.60. The van der Waals surface area contributed by atoms with E-state index in [4.69, 9.17) is 23.7 Å². The molecule has 1 aromatic carbocycles. The average Bonchev–Trinajstić information content (AvgIpc) is 2.96. The van der Waals surface area contributed by atoms with E-state index < -0.39 is 6.29 Å². The summed E-state index contributed by atoms with van der Waals surface area (Å²) in [5, 5.41) is 0. The molecule has 6 nitrogen and oxygen atoms in total. The number of esters is 1. The Morgan fingerprint density at radius 2 is 1.84 bits per heavy atom. The van der Waals surface area contributed by atoms with Crippen LogP contribution in [-0.4, -0.2) is 46.0 Å². The number of ether oxygens (including phenoxy) is 5. The lowest BCUT2D eigenvalue weighted by molar-refractivity contribution is -0.241. The first-order valence-electron chi connectivity index (χ1n) is 8.33. The summed E-state index contributed by atoms with van der Waals surface area (Å²) >= 11 is 0. The molecular weight excluding hydrogens is 324 g/mol. The first-order chi connectivity index (χ1) is 12.1. The molecule has 0 amide bonds. The van der Waals surface area contributed by atoms with Crippen molar-refractivity contribution >= 4 is 5.97 Å². The molecule has 3 rings (SSSR count). The molecule has 2 aliphatic rings. The predicted molar refractivity (Wildman–Crippen MR) is 90.3 cm³/mol. The van der Waals surface area contributed by atoms with E-state index in [-0.39, 0.29) is 24.3 Å². The Kier molecular flexibility index (Phi) is 5.42. The molecular formula is C19H24O6. The van der Waals surface area contributed by atoms with Crippen molar-refractivity contribution in [3.8, 4) is 5.75 Å². The Bertz CT molecular complexity index is 650. The number of carbonyl (C=O) groups is 1. The molecule has 0 N–H and O–H groups in total. The molecule has 0 saturated carbocycles. The largest absolute Gasteiger partial charge is 0.497 e. The van der Waals surface area contributed by atoms with Crippen LogP contribution >= 0.6 is 0 Å². The van der Waals surface area contributed by atoms with Crippen LogP contribution in [-0.2, 0) is 18.9 Å². The first kappa shape index (κ1) is 17.9. The molecule has 25 heavy (non-hydrogen) atoms. The lowest BCUT2D eigenvalue weighted by atomic mass is 9.92. The molecule has 1 unspecified atom stereocenters. The van der Waals surface area contributed by atoms with Crippen LogP contribution < -0.4 is 4.74 Å². The van der Waals surface area contributed by atoms with Gasteiger partial charge in [-0.05, 0) is 36.8 Å². The minimum atomic E-state index is -0.451. The van der Waals surface area contributed by atoms with Crippen molar-refractivity contribution in [3.63, 3.8) is 0 Å². The van der Waals surface area contributed by atoms with Crippen molar-refractivity contribution in [2.45, 2.75) is 38.4 Å². The van der Waals surface area contributed by atoms with Crippen molar-refractivity contribution in [2.75, 3.05) is 21.3 Å². The third kappa shape index (κ3) is 3.56. The molecule has 4 atom stereocenters. The van der Waals surface area contributed by atoms with Gasteiger partial charge >= 0.3 is 5.97 Å². The van der Waals surface area contributed by atoms with Gasteiger partial charge in [-0.15, -0.1) is 0 Å². The van der Waals surface area contributed by atoms with Gasteiger partial charge in [-0.3, -0.25) is 0 Å². The monoisotopic (exact) mass is 348 g/mol. The lowest BCUT2D eigenvalue weighted by Gasteiger charge is -2.36. The van der Waals surface area contributed by atoms with E-state index in [2.05, 4.69) is 0 Å². The number of rotatable bonds is 5. The summed E-state index contributed by atoms with van der Waals surface area (Å²) in [7, 11) is 4.80. The van der Waals surface area contributed by atoms with Crippen molar-refractivity contribution in [2.24, 2.45) is 5.92 Å². The topological polar surface area (TPSA) is 63.2 Å². The highest BCUT2D eigenvalue weighted by Gasteiger charge is 2.45. The number of hydrogen-bond donors (Lipinski definition) is 0. The van der Waals surface area contributed by atoms with Gasteiger partial charge in [0.2, 0.25) is 0 Å². The molecule has 1 aromatic rings. The molecule has 1 fully saturated rings. The highest BCUT2D eigenvalue weighted by Crippen LogP contribution is 2.44. The molecule has 0 radical (unpaired) electrons. The lowest BCUT2D eigenvalue weighted by Crippen LogP contribution is -2.40. The summed E-state index contributed by atoms with van der Waals surface area (Å²) < 4.78 is 27.5. The van der Waals surface area contributed by atoms with Crippen LogP contribution in [0.25, 0.3) is 0 Å². The Balaban J connectivity index is 1.73. The summed E-state index contributed by atoms with van der Waals surface area (Å²) in [6.45, 7) is 2.03. The van der Waals surface area contributed by atoms with E-state index in [0.717, 1.165) is 11.1 Å². The standard InChI is InChI=1S/C19H24O6/c1-11-9-15(14-10-16(22-3)25-19(23-4)17(11)14)24-18(20)12-5-7-13(21-2)8-6-12/h5-8,14-16,19H,9-10H2,1-4H3/t14?,15-,16-,19-/m1/s1. The third-order valence-electron chi connectivity index (χ3n) is 4.89. The van der Waals surface area contributed by atoms with E-state index in [9.17, 15) is 4.79 Å². The maximum Gasteiger partial charge on any atom is 0.338 e. The maximum atomic E-state index is 12.5.